The molecule has 1 N–H and O–H groups in total. The number of imidazole rings is 1. The van der Waals surface area contributed by atoms with Crippen LogP contribution < -0.4 is 5.32 Å². The van der Waals surface area contributed by atoms with Gasteiger partial charge in [0, 0.05) is 30.0 Å². The molecule has 0 saturated heterocycles. The van der Waals surface area contributed by atoms with E-state index >= 15 is 0 Å². The number of fused-ring (bicyclic) bond motifs is 2. The molecule has 142 valence electrons. The molecule has 3 heterocycles. The van der Waals surface area contributed by atoms with Crippen molar-refractivity contribution in [3.05, 3.63) is 84.4 Å². The van der Waals surface area contributed by atoms with Gasteiger partial charge in [0.25, 0.3) is 5.91 Å². The van der Waals surface area contributed by atoms with Gasteiger partial charge in [-0.25, -0.2) is 9.97 Å². The predicted molar refractivity (Wildman–Crippen MR) is 114 cm³/mol. The summed E-state index contributed by atoms with van der Waals surface area (Å²) >= 11 is 0. The van der Waals surface area contributed by atoms with Gasteiger partial charge < -0.3 is 9.88 Å². The van der Waals surface area contributed by atoms with Crippen LogP contribution in [-0.2, 0) is 7.05 Å². The number of carbonyl (C=O) groups excluding carboxylic acids is 1. The van der Waals surface area contributed by atoms with Crippen molar-refractivity contribution < 1.29 is 4.79 Å². The van der Waals surface area contributed by atoms with Crippen LogP contribution >= 0.6 is 0 Å². The zero-order valence-electron chi connectivity index (χ0n) is 16.1. The van der Waals surface area contributed by atoms with E-state index in [4.69, 9.17) is 0 Å². The van der Waals surface area contributed by atoms with Gasteiger partial charge in [-0.1, -0.05) is 18.2 Å². The second kappa shape index (κ2) is 6.60. The van der Waals surface area contributed by atoms with Gasteiger partial charge >= 0.3 is 0 Å². The first-order valence-corrected chi connectivity index (χ1v) is 9.38. The topological polar surface area (TPSA) is 64.7 Å². The molecule has 0 aliphatic carbocycles. The zero-order valence-corrected chi connectivity index (χ0v) is 16.1. The van der Waals surface area contributed by atoms with Crippen molar-refractivity contribution in [1.29, 1.82) is 0 Å². The van der Waals surface area contributed by atoms with Gasteiger partial charge in [-0.3, -0.25) is 9.36 Å². The summed E-state index contributed by atoms with van der Waals surface area (Å²) in [5.74, 6) is 0.734. The fraction of sp³-hybridized carbons (Fsp3) is 0.0870. The largest absolute Gasteiger partial charge is 0.331 e. The van der Waals surface area contributed by atoms with E-state index in [1.807, 2.05) is 89.8 Å². The maximum absolute atomic E-state index is 13.2. The fourth-order valence-electron chi connectivity index (χ4n) is 3.63. The van der Waals surface area contributed by atoms with Crippen LogP contribution in [0, 0.1) is 6.92 Å². The number of aromatic nitrogens is 4. The van der Waals surface area contributed by atoms with Gasteiger partial charge in [0.05, 0.1) is 11.0 Å². The highest BCUT2D eigenvalue weighted by atomic mass is 16.2. The minimum absolute atomic E-state index is 0.196. The number of nitrogens with zero attached hydrogens (tertiary/aromatic N) is 4. The van der Waals surface area contributed by atoms with E-state index in [9.17, 15) is 4.79 Å². The number of para-hydroxylation sites is 1. The third kappa shape index (κ3) is 2.86. The van der Waals surface area contributed by atoms with Crippen molar-refractivity contribution in [3.63, 3.8) is 0 Å². The Morgan fingerprint density at radius 2 is 1.83 bits per heavy atom. The lowest BCUT2D eigenvalue weighted by molar-refractivity contribution is 0.102. The Morgan fingerprint density at radius 3 is 2.66 bits per heavy atom. The van der Waals surface area contributed by atoms with Crippen molar-refractivity contribution in [1.82, 2.24) is 19.1 Å². The Labute approximate surface area is 167 Å². The second-order valence-electron chi connectivity index (χ2n) is 6.99. The number of benzene rings is 2. The number of carbonyl (C=O) groups is 1. The SMILES string of the molecule is Cc1nc2cc(NC(=O)c3cc4cccnc4n3-c3ccccc3)ccc2n1C. The summed E-state index contributed by atoms with van der Waals surface area (Å²) in [5, 5.41) is 3.93. The van der Waals surface area contributed by atoms with E-state index in [1.165, 1.54) is 0 Å². The van der Waals surface area contributed by atoms with Crippen molar-refractivity contribution in [2.45, 2.75) is 6.92 Å². The highest BCUT2D eigenvalue weighted by molar-refractivity contribution is 6.07. The lowest BCUT2D eigenvalue weighted by Crippen LogP contribution is -2.16. The Bertz CT molecular complexity index is 1360. The molecule has 0 atom stereocenters. The Balaban J connectivity index is 1.58. The minimum Gasteiger partial charge on any atom is -0.331 e. The normalized spacial score (nSPS) is 11.2. The molecule has 1 amide bonds. The fourth-order valence-corrected chi connectivity index (χ4v) is 3.63. The maximum atomic E-state index is 13.2. The molecular weight excluding hydrogens is 362 g/mol. The van der Waals surface area contributed by atoms with Crippen LogP contribution in [0.4, 0.5) is 5.69 Å². The van der Waals surface area contributed by atoms with Crippen LogP contribution in [0.15, 0.2) is 72.9 Å². The summed E-state index contributed by atoms with van der Waals surface area (Å²) in [6.45, 7) is 1.96. The monoisotopic (exact) mass is 381 g/mol. The summed E-state index contributed by atoms with van der Waals surface area (Å²) in [5.41, 5.74) is 4.76. The summed E-state index contributed by atoms with van der Waals surface area (Å²) in [4.78, 5) is 22.2. The number of pyridine rings is 1. The predicted octanol–water partition coefficient (Wildman–Crippen LogP) is 4.47. The number of nitrogens with one attached hydrogen (secondary N) is 1. The summed E-state index contributed by atoms with van der Waals surface area (Å²) in [6, 6.07) is 21.2. The first-order chi connectivity index (χ1) is 14.1. The maximum Gasteiger partial charge on any atom is 0.272 e. The first kappa shape index (κ1) is 17.2. The van der Waals surface area contributed by atoms with Crippen LogP contribution in [-0.4, -0.2) is 25.0 Å². The van der Waals surface area contributed by atoms with E-state index in [0.717, 1.165) is 33.6 Å². The first-order valence-electron chi connectivity index (χ1n) is 9.38. The van der Waals surface area contributed by atoms with Crippen LogP contribution in [0.5, 0.6) is 0 Å². The van der Waals surface area contributed by atoms with Crippen LogP contribution in [0.1, 0.15) is 16.3 Å². The number of aryl methyl sites for hydroxylation is 2. The molecule has 6 heteroatoms. The molecule has 0 saturated carbocycles. The molecule has 0 unspecified atom stereocenters. The van der Waals surface area contributed by atoms with Crippen molar-refractivity contribution >= 4 is 33.7 Å². The number of hydrogen-bond acceptors (Lipinski definition) is 3. The minimum atomic E-state index is -0.196. The number of rotatable bonds is 3. The molecule has 29 heavy (non-hydrogen) atoms. The van der Waals surface area contributed by atoms with Crippen molar-refractivity contribution in [2.24, 2.45) is 7.05 Å². The molecule has 0 aliphatic heterocycles. The zero-order chi connectivity index (χ0) is 20.0. The van der Waals surface area contributed by atoms with E-state index < -0.39 is 0 Å². The van der Waals surface area contributed by atoms with Crippen molar-refractivity contribution in [2.75, 3.05) is 5.32 Å². The highest BCUT2D eigenvalue weighted by Gasteiger charge is 2.18. The van der Waals surface area contributed by atoms with Gasteiger partial charge in [0.15, 0.2) is 0 Å². The van der Waals surface area contributed by atoms with Crippen molar-refractivity contribution in [3.8, 4) is 5.69 Å². The number of anilines is 1. The average Bonchev–Trinajstić information content (AvgIpc) is 3.26. The number of hydrogen-bond donors (Lipinski definition) is 1. The van der Waals surface area contributed by atoms with Gasteiger partial charge in [0.2, 0.25) is 0 Å². The van der Waals surface area contributed by atoms with E-state index in [0.29, 0.717) is 11.4 Å². The van der Waals surface area contributed by atoms with Crippen LogP contribution in [0.25, 0.3) is 27.8 Å². The summed E-state index contributed by atoms with van der Waals surface area (Å²) < 4.78 is 3.91. The molecule has 6 nitrogen and oxygen atoms in total. The standard InChI is InChI=1S/C23H19N5O/c1-15-25-19-14-17(10-11-20(19)27(15)2)26-23(29)21-13-16-7-6-12-24-22(16)28(21)18-8-4-3-5-9-18/h3-14H,1-2H3,(H,26,29). The lowest BCUT2D eigenvalue weighted by Gasteiger charge is -2.11. The second-order valence-corrected chi connectivity index (χ2v) is 6.99. The lowest BCUT2D eigenvalue weighted by atomic mass is 10.2. The van der Waals surface area contributed by atoms with Gasteiger partial charge in [-0.05, 0) is 55.5 Å². The molecule has 0 fully saturated rings. The molecule has 0 radical (unpaired) electrons. The molecular formula is C23H19N5O. The number of amides is 1. The van der Waals surface area contributed by atoms with Gasteiger partial charge in [0.1, 0.15) is 17.2 Å². The molecule has 0 bridgehead atoms. The molecule has 5 rings (SSSR count). The van der Waals surface area contributed by atoms with Gasteiger partial charge in [-0.2, -0.15) is 0 Å². The van der Waals surface area contributed by atoms with Gasteiger partial charge in [-0.15, -0.1) is 0 Å². The van der Waals surface area contributed by atoms with Crippen LogP contribution in [0.3, 0.4) is 0 Å². The average molecular weight is 381 g/mol. The molecule has 0 aliphatic rings. The highest BCUT2D eigenvalue weighted by Crippen LogP contribution is 2.25. The Morgan fingerprint density at radius 1 is 1.00 bits per heavy atom. The quantitative estimate of drug-likeness (QED) is 0.501. The Hall–Kier alpha value is -3.93. The summed E-state index contributed by atoms with van der Waals surface area (Å²) in [6.07, 6.45) is 1.74. The summed E-state index contributed by atoms with van der Waals surface area (Å²) in [7, 11) is 1.98. The third-order valence-electron chi connectivity index (χ3n) is 5.17. The Kier molecular flexibility index (Phi) is 3.91. The molecule has 2 aromatic carbocycles. The third-order valence-corrected chi connectivity index (χ3v) is 5.17. The molecule has 3 aromatic heterocycles. The van der Waals surface area contributed by atoms with E-state index in [1.54, 1.807) is 6.20 Å². The molecule has 0 spiro atoms. The smallest absolute Gasteiger partial charge is 0.272 e. The van der Waals surface area contributed by atoms with E-state index in [2.05, 4.69) is 15.3 Å². The molecule has 5 aromatic rings. The van der Waals surface area contributed by atoms with Crippen LogP contribution in [0.2, 0.25) is 0 Å². The van der Waals surface area contributed by atoms with E-state index in [-0.39, 0.29) is 5.91 Å².